The van der Waals surface area contributed by atoms with Gasteiger partial charge in [-0.3, -0.25) is 4.52 Å². The molecule has 2 unspecified atom stereocenters. The van der Waals surface area contributed by atoms with Crippen LogP contribution in [0.3, 0.4) is 0 Å². The maximum Gasteiger partial charge on any atom is 0.469 e. The van der Waals surface area contributed by atoms with Gasteiger partial charge >= 0.3 is 7.82 Å². The van der Waals surface area contributed by atoms with Crippen molar-refractivity contribution in [1.82, 2.24) is 0 Å². The van der Waals surface area contributed by atoms with Gasteiger partial charge in [-0.1, -0.05) is 83.3 Å². The summed E-state index contributed by atoms with van der Waals surface area (Å²) in [5, 5.41) is 9.81. The summed E-state index contributed by atoms with van der Waals surface area (Å²) in [6, 6.07) is -0.596. The molecular weight excluding hydrogens is 341 g/mol. The van der Waals surface area contributed by atoms with Crippen molar-refractivity contribution in [3.05, 3.63) is 12.2 Å². The second-order valence-corrected chi connectivity index (χ2v) is 8.03. The molecule has 150 valence electrons. The molecule has 0 aromatic heterocycles. The highest BCUT2D eigenvalue weighted by atomic mass is 31.2. The van der Waals surface area contributed by atoms with E-state index in [0.29, 0.717) is 0 Å². The maximum absolute atomic E-state index is 10.6. The number of phosphoric ester groups is 1. The number of hydrogen-bond acceptors (Lipinski definition) is 3. The Bertz CT molecular complexity index is 372. The molecule has 0 saturated heterocycles. The average molecular weight is 380 g/mol. The molecule has 0 aromatic rings. The number of quaternary nitrogens is 1. The van der Waals surface area contributed by atoms with Gasteiger partial charge in [0.1, 0.15) is 18.8 Å². The van der Waals surface area contributed by atoms with Crippen molar-refractivity contribution in [2.75, 3.05) is 6.61 Å². The first-order valence-corrected chi connectivity index (χ1v) is 11.3. The van der Waals surface area contributed by atoms with Crippen molar-refractivity contribution in [2.24, 2.45) is 0 Å². The smallest absolute Gasteiger partial charge is 0.383 e. The third-order valence-electron chi connectivity index (χ3n) is 4.25. The predicted molar refractivity (Wildman–Crippen MR) is 101 cm³/mol. The van der Waals surface area contributed by atoms with Crippen LogP contribution in [0.2, 0.25) is 0 Å². The summed E-state index contributed by atoms with van der Waals surface area (Å²) in [5.74, 6) is 0. The molecule has 6 N–H and O–H groups in total. The second kappa shape index (κ2) is 16.0. The highest BCUT2D eigenvalue weighted by molar-refractivity contribution is 7.46. The molecule has 0 aromatic carbocycles. The van der Waals surface area contributed by atoms with Gasteiger partial charge in [0.2, 0.25) is 0 Å². The van der Waals surface area contributed by atoms with E-state index in [4.69, 9.17) is 9.79 Å². The van der Waals surface area contributed by atoms with Gasteiger partial charge in [-0.15, -0.1) is 0 Å². The maximum atomic E-state index is 10.6. The van der Waals surface area contributed by atoms with Crippen LogP contribution in [-0.4, -0.2) is 33.6 Å². The van der Waals surface area contributed by atoms with E-state index in [1.807, 2.05) is 6.08 Å². The van der Waals surface area contributed by atoms with Crippen LogP contribution in [0.25, 0.3) is 0 Å². The van der Waals surface area contributed by atoms with Crippen LogP contribution < -0.4 is 5.73 Å². The SMILES string of the molecule is CCCCCCCCCCCCC/C=C/C(O)C([NH3+])COP(=O)(O)O. The predicted octanol–water partition coefficient (Wildman–Crippen LogP) is 3.32. The highest BCUT2D eigenvalue weighted by Gasteiger charge is 2.21. The van der Waals surface area contributed by atoms with Crippen molar-refractivity contribution in [3.63, 3.8) is 0 Å². The number of aliphatic hydroxyl groups excluding tert-OH is 1. The number of phosphoric acid groups is 1. The fraction of sp³-hybridized carbons (Fsp3) is 0.889. The number of allylic oxidation sites excluding steroid dienone is 1. The largest absolute Gasteiger partial charge is 0.469 e. The van der Waals surface area contributed by atoms with Crippen LogP contribution in [0, 0.1) is 0 Å². The molecule has 25 heavy (non-hydrogen) atoms. The van der Waals surface area contributed by atoms with Crippen LogP contribution in [0.1, 0.15) is 84.0 Å². The Kier molecular flexibility index (Phi) is 15.8. The Morgan fingerprint density at radius 1 is 0.960 bits per heavy atom. The Morgan fingerprint density at radius 3 is 1.92 bits per heavy atom. The number of aliphatic hydroxyl groups is 1. The van der Waals surface area contributed by atoms with Gasteiger partial charge in [0.05, 0.1) is 0 Å². The molecule has 2 atom stereocenters. The fourth-order valence-corrected chi connectivity index (χ4v) is 3.00. The normalized spacial score (nSPS) is 14.9. The summed E-state index contributed by atoms with van der Waals surface area (Å²) in [6.45, 7) is 1.97. The Hall–Kier alpha value is -0.230. The average Bonchev–Trinajstić information content (AvgIpc) is 2.56. The summed E-state index contributed by atoms with van der Waals surface area (Å²) in [5.41, 5.74) is 3.65. The van der Waals surface area contributed by atoms with Gasteiger partial charge in [0.25, 0.3) is 0 Å². The van der Waals surface area contributed by atoms with Gasteiger partial charge in [-0.2, -0.15) is 0 Å². The van der Waals surface area contributed by atoms with E-state index in [0.717, 1.165) is 12.8 Å². The topological polar surface area (TPSA) is 115 Å². The zero-order valence-corrected chi connectivity index (χ0v) is 16.7. The van der Waals surface area contributed by atoms with E-state index in [2.05, 4.69) is 17.2 Å². The Labute approximate surface area is 153 Å². The molecule has 6 nitrogen and oxygen atoms in total. The number of rotatable bonds is 17. The Balaban J connectivity index is 3.46. The van der Waals surface area contributed by atoms with Crippen molar-refractivity contribution >= 4 is 7.82 Å². The third-order valence-corrected chi connectivity index (χ3v) is 4.73. The fourth-order valence-electron chi connectivity index (χ4n) is 2.61. The summed E-state index contributed by atoms with van der Waals surface area (Å²) < 4.78 is 14.9. The monoisotopic (exact) mass is 380 g/mol. The van der Waals surface area contributed by atoms with Gasteiger partial charge in [-0.05, 0) is 12.8 Å². The first-order chi connectivity index (χ1) is 11.9. The molecule has 7 heteroatoms. The first-order valence-electron chi connectivity index (χ1n) is 9.74. The zero-order chi connectivity index (χ0) is 19.0. The van der Waals surface area contributed by atoms with E-state index >= 15 is 0 Å². The lowest BCUT2D eigenvalue weighted by molar-refractivity contribution is -0.437. The summed E-state index contributed by atoms with van der Waals surface area (Å²) in [4.78, 5) is 17.2. The molecule has 0 aliphatic heterocycles. The summed E-state index contributed by atoms with van der Waals surface area (Å²) in [7, 11) is -4.49. The standard InChI is InChI=1S/C18H38NO5P/c1-2-3-4-5-6-7-8-9-10-11-12-13-14-15-18(20)17(19)16-24-25(21,22)23/h14-15,17-18,20H,2-13,16,19H2,1H3,(H2,21,22,23)/p+1/b15-14+. The van der Waals surface area contributed by atoms with E-state index in [1.54, 1.807) is 6.08 Å². The van der Waals surface area contributed by atoms with Crippen molar-refractivity contribution in [1.29, 1.82) is 0 Å². The lowest BCUT2D eigenvalue weighted by atomic mass is 10.0. The van der Waals surface area contributed by atoms with Crippen molar-refractivity contribution in [3.8, 4) is 0 Å². The molecule has 0 saturated carbocycles. The lowest BCUT2D eigenvalue weighted by Gasteiger charge is -2.13. The minimum absolute atomic E-state index is 0.270. The van der Waals surface area contributed by atoms with E-state index in [-0.39, 0.29) is 6.61 Å². The molecule has 0 rings (SSSR count). The molecule has 0 amide bonds. The van der Waals surface area contributed by atoms with Crippen molar-refractivity contribution in [2.45, 2.75) is 96.1 Å². The van der Waals surface area contributed by atoms with Crippen LogP contribution >= 0.6 is 7.82 Å². The van der Waals surface area contributed by atoms with Crippen molar-refractivity contribution < 1.29 is 29.7 Å². The second-order valence-electron chi connectivity index (χ2n) is 6.79. The van der Waals surface area contributed by atoms with Gasteiger partial charge in [0, 0.05) is 0 Å². The Morgan fingerprint density at radius 2 is 1.44 bits per heavy atom. The van der Waals surface area contributed by atoms with Gasteiger partial charge in [0.15, 0.2) is 0 Å². The van der Waals surface area contributed by atoms with E-state index in [9.17, 15) is 9.67 Å². The number of unbranched alkanes of at least 4 members (excludes halogenated alkanes) is 11. The zero-order valence-electron chi connectivity index (χ0n) is 15.8. The number of hydrogen-bond donors (Lipinski definition) is 4. The van der Waals surface area contributed by atoms with Gasteiger partial charge in [-0.25, -0.2) is 4.57 Å². The summed E-state index contributed by atoms with van der Waals surface area (Å²) >= 11 is 0. The summed E-state index contributed by atoms with van der Waals surface area (Å²) in [6.07, 6.45) is 18.0. The third kappa shape index (κ3) is 18.4. The lowest BCUT2D eigenvalue weighted by Crippen LogP contribution is -2.68. The minimum atomic E-state index is -4.49. The molecule has 0 heterocycles. The van der Waals surface area contributed by atoms with Crippen LogP contribution in [-0.2, 0) is 9.09 Å². The molecule has 0 fully saturated rings. The molecule has 0 bridgehead atoms. The van der Waals surface area contributed by atoms with Crippen LogP contribution in [0.5, 0.6) is 0 Å². The van der Waals surface area contributed by atoms with E-state index in [1.165, 1.54) is 64.2 Å². The highest BCUT2D eigenvalue weighted by Crippen LogP contribution is 2.35. The molecule has 0 radical (unpaired) electrons. The quantitative estimate of drug-likeness (QED) is 0.176. The molecule has 0 spiro atoms. The molecule has 0 aliphatic rings. The van der Waals surface area contributed by atoms with Crippen LogP contribution in [0.15, 0.2) is 12.2 Å². The van der Waals surface area contributed by atoms with E-state index < -0.39 is 20.0 Å². The van der Waals surface area contributed by atoms with Gasteiger partial charge < -0.3 is 20.6 Å². The molecule has 0 aliphatic carbocycles. The molecular formula is C18H39NO5P+. The first kappa shape index (κ1) is 24.8. The minimum Gasteiger partial charge on any atom is -0.383 e. The van der Waals surface area contributed by atoms with Crippen LogP contribution in [0.4, 0.5) is 0 Å².